The van der Waals surface area contributed by atoms with E-state index in [4.69, 9.17) is 0 Å². The van der Waals surface area contributed by atoms with Gasteiger partial charge in [0.15, 0.2) is 0 Å². The number of carbonyl (C=O) groups is 1. The van der Waals surface area contributed by atoms with Crippen molar-refractivity contribution in [2.45, 2.75) is 32.7 Å². The van der Waals surface area contributed by atoms with Gasteiger partial charge in [-0.05, 0) is 24.8 Å². The van der Waals surface area contributed by atoms with E-state index < -0.39 is 38.2 Å². The summed E-state index contributed by atoms with van der Waals surface area (Å²) in [6.07, 6.45) is 1.35. The number of carbonyl (C=O) groups excluding carboxylic acids is 1. The Labute approximate surface area is 114 Å². The number of alkyl halides is 3. The number of esters is 1. The molecule has 1 aliphatic carbocycles. The molecule has 0 aromatic heterocycles. The van der Waals surface area contributed by atoms with E-state index >= 15 is 0 Å². The zero-order valence-electron chi connectivity index (χ0n) is 11.4. The van der Waals surface area contributed by atoms with Gasteiger partial charge in [0, 0.05) is 0 Å². The summed E-state index contributed by atoms with van der Waals surface area (Å²) in [4.78, 5) is 11.9. The lowest BCUT2D eigenvalue weighted by atomic mass is 9.68. The Morgan fingerprint density at radius 2 is 1.80 bits per heavy atom. The van der Waals surface area contributed by atoms with Crippen LogP contribution in [-0.4, -0.2) is 27.0 Å². The highest BCUT2D eigenvalue weighted by Crippen LogP contribution is 2.54. The molecule has 0 amide bonds. The van der Waals surface area contributed by atoms with Crippen molar-refractivity contribution in [1.29, 1.82) is 0 Å². The molecule has 0 aromatic rings. The zero-order chi connectivity index (χ0) is 16.0. The summed E-state index contributed by atoms with van der Waals surface area (Å²) >= 11 is 0. The van der Waals surface area contributed by atoms with Gasteiger partial charge in [-0.2, -0.15) is 21.6 Å². The predicted octanol–water partition coefficient (Wildman–Crippen LogP) is 2.35. The number of methoxy groups -OCH3 is 1. The monoisotopic (exact) mass is 316 g/mol. The summed E-state index contributed by atoms with van der Waals surface area (Å²) < 4.78 is 67.9. The number of hydrogen-bond donors (Lipinski definition) is 0. The molecule has 116 valence electrons. The molecule has 9 heteroatoms. The third-order valence-corrected chi connectivity index (χ3v) is 4.69. The molecule has 1 rings (SSSR count). The molecule has 0 N–H and O–H groups in total. The molecule has 1 atom stereocenters. The minimum Gasteiger partial charge on any atom is -0.468 e. The maximum Gasteiger partial charge on any atom is 0.534 e. The van der Waals surface area contributed by atoms with Crippen LogP contribution >= 0.6 is 0 Å². The Bertz CT molecular complexity index is 547. The summed E-state index contributed by atoms with van der Waals surface area (Å²) in [7, 11) is -4.75. The standard InChI is InChI=1S/C11H15F3O5S/c1-9(2)6-5-7(10(9,3)8(15)18-4)19-20(16,17)11(12,13)14/h5H,6H2,1-4H3. The van der Waals surface area contributed by atoms with Crippen molar-refractivity contribution >= 4 is 16.1 Å². The van der Waals surface area contributed by atoms with Gasteiger partial charge >= 0.3 is 21.6 Å². The second-order valence-corrected chi connectivity index (χ2v) is 6.79. The van der Waals surface area contributed by atoms with Crippen LogP contribution in [0.1, 0.15) is 27.2 Å². The summed E-state index contributed by atoms with van der Waals surface area (Å²) in [6, 6.07) is 0. The van der Waals surface area contributed by atoms with Gasteiger partial charge in [-0.1, -0.05) is 13.8 Å². The Morgan fingerprint density at radius 3 is 2.20 bits per heavy atom. The fourth-order valence-electron chi connectivity index (χ4n) is 1.95. The van der Waals surface area contributed by atoms with Gasteiger partial charge in [0.25, 0.3) is 0 Å². The van der Waals surface area contributed by atoms with Gasteiger partial charge in [-0.3, -0.25) is 4.79 Å². The molecule has 1 aliphatic rings. The zero-order valence-corrected chi connectivity index (χ0v) is 12.2. The van der Waals surface area contributed by atoms with Crippen molar-refractivity contribution in [1.82, 2.24) is 0 Å². The van der Waals surface area contributed by atoms with E-state index in [1.54, 1.807) is 13.8 Å². The second-order valence-electron chi connectivity index (χ2n) is 5.26. The van der Waals surface area contributed by atoms with Crippen LogP contribution < -0.4 is 0 Å². The van der Waals surface area contributed by atoms with Crippen LogP contribution in [0.3, 0.4) is 0 Å². The van der Waals surface area contributed by atoms with Crippen molar-refractivity contribution in [3.63, 3.8) is 0 Å². The molecule has 0 saturated heterocycles. The van der Waals surface area contributed by atoms with Gasteiger partial charge in [0.2, 0.25) is 0 Å². The maximum atomic E-state index is 12.4. The highest BCUT2D eigenvalue weighted by atomic mass is 32.2. The normalized spacial score (nSPS) is 26.1. The molecule has 0 bridgehead atoms. The van der Waals surface area contributed by atoms with E-state index in [2.05, 4.69) is 8.92 Å². The van der Waals surface area contributed by atoms with Crippen LogP contribution in [-0.2, 0) is 23.8 Å². The number of hydrogen-bond acceptors (Lipinski definition) is 5. The molecule has 0 spiro atoms. The lowest BCUT2D eigenvalue weighted by Gasteiger charge is -2.36. The summed E-state index contributed by atoms with van der Waals surface area (Å²) in [6.45, 7) is 4.51. The van der Waals surface area contributed by atoms with Crippen LogP contribution in [0, 0.1) is 10.8 Å². The van der Waals surface area contributed by atoms with E-state index in [1.807, 2.05) is 0 Å². The Kier molecular flexibility index (Phi) is 3.90. The Morgan fingerprint density at radius 1 is 1.30 bits per heavy atom. The Hall–Kier alpha value is -1.25. The van der Waals surface area contributed by atoms with Crippen molar-refractivity contribution in [2.75, 3.05) is 7.11 Å². The van der Waals surface area contributed by atoms with Crippen LogP contribution in [0.15, 0.2) is 11.8 Å². The van der Waals surface area contributed by atoms with E-state index in [0.29, 0.717) is 0 Å². The Balaban J connectivity index is 3.24. The molecule has 5 nitrogen and oxygen atoms in total. The smallest absolute Gasteiger partial charge is 0.468 e. The first-order valence-electron chi connectivity index (χ1n) is 5.59. The van der Waals surface area contributed by atoms with Gasteiger partial charge in [-0.15, -0.1) is 0 Å². The summed E-state index contributed by atoms with van der Waals surface area (Å²) in [5.41, 5.74) is -8.01. The van der Waals surface area contributed by atoms with Gasteiger partial charge < -0.3 is 8.92 Å². The first-order chi connectivity index (χ1) is 8.79. The third kappa shape index (κ3) is 2.38. The summed E-state index contributed by atoms with van der Waals surface area (Å²) in [5, 5.41) is 0. The molecule has 0 fully saturated rings. The van der Waals surface area contributed by atoms with Crippen molar-refractivity contribution in [2.24, 2.45) is 10.8 Å². The van der Waals surface area contributed by atoms with Gasteiger partial charge in [0.1, 0.15) is 11.2 Å². The van der Waals surface area contributed by atoms with Gasteiger partial charge in [0.05, 0.1) is 7.11 Å². The molecule has 0 aromatic carbocycles. The van der Waals surface area contributed by atoms with E-state index in [-0.39, 0.29) is 6.42 Å². The first-order valence-corrected chi connectivity index (χ1v) is 7.00. The quantitative estimate of drug-likeness (QED) is 0.454. The number of halogens is 3. The number of ether oxygens (including phenoxy) is 1. The van der Waals surface area contributed by atoms with E-state index in [1.165, 1.54) is 13.0 Å². The lowest BCUT2D eigenvalue weighted by molar-refractivity contribution is -0.156. The average Bonchev–Trinajstić information content (AvgIpc) is 2.51. The summed E-state index contributed by atoms with van der Waals surface area (Å²) in [5.74, 6) is -1.42. The number of allylic oxidation sites excluding steroid dienone is 1. The lowest BCUT2D eigenvalue weighted by Crippen LogP contribution is -2.43. The first kappa shape index (κ1) is 16.8. The maximum absolute atomic E-state index is 12.4. The van der Waals surface area contributed by atoms with Crippen molar-refractivity contribution in [3.8, 4) is 0 Å². The van der Waals surface area contributed by atoms with Crippen LogP contribution in [0.4, 0.5) is 13.2 Å². The fourth-order valence-corrected chi connectivity index (χ4v) is 2.52. The van der Waals surface area contributed by atoms with Crippen molar-refractivity contribution < 1.29 is 35.3 Å². The van der Waals surface area contributed by atoms with Crippen molar-refractivity contribution in [3.05, 3.63) is 11.8 Å². The largest absolute Gasteiger partial charge is 0.534 e. The molecular formula is C11H15F3O5S. The molecule has 20 heavy (non-hydrogen) atoms. The van der Waals surface area contributed by atoms with Crippen LogP contribution in [0.5, 0.6) is 0 Å². The molecule has 0 aliphatic heterocycles. The molecule has 0 radical (unpaired) electrons. The molecular weight excluding hydrogens is 301 g/mol. The minimum absolute atomic E-state index is 0.182. The van der Waals surface area contributed by atoms with E-state index in [0.717, 1.165) is 7.11 Å². The van der Waals surface area contributed by atoms with Gasteiger partial charge in [-0.25, -0.2) is 0 Å². The topological polar surface area (TPSA) is 69.7 Å². The fraction of sp³-hybridized carbons (Fsp3) is 0.727. The molecule has 0 heterocycles. The average molecular weight is 316 g/mol. The molecule has 0 saturated carbocycles. The highest BCUT2D eigenvalue weighted by Gasteiger charge is 2.59. The minimum atomic E-state index is -5.82. The number of rotatable bonds is 3. The second kappa shape index (κ2) is 4.64. The SMILES string of the molecule is COC(=O)C1(C)C(OS(=O)(=O)C(F)(F)F)=CCC1(C)C. The van der Waals surface area contributed by atoms with Crippen LogP contribution in [0.25, 0.3) is 0 Å². The van der Waals surface area contributed by atoms with E-state index in [9.17, 15) is 26.4 Å². The molecule has 1 unspecified atom stereocenters. The third-order valence-electron chi connectivity index (χ3n) is 3.72. The highest BCUT2D eigenvalue weighted by molar-refractivity contribution is 7.87. The van der Waals surface area contributed by atoms with Crippen LogP contribution in [0.2, 0.25) is 0 Å². The predicted molar refractivity (Wildman–Crippen MR) is 62.7 cm³/mol.